The fraction of sp³-hybridized carbons (Fsp3) is 0.286. The van der Waals surface area contributed by atoms with Gasteiger partial charge in [0.05, 0.1) is 6.67 Å². The van der Waals surface area contributed by atoms with Crippen LogP contribution in [0.5, 0.6) is 0 Å². The van der Waals surface area contributed by atoms with Crippen molar-refractivity contribution >= 4 is 23.5 Å². The van der Waals surface area contributed by atoms with Crippen LogP contribution in [0.3, 0.4) is 0 Å². The number of anilines is 3. The maximum atomic E-state index is 11.6. The maximum Gasteiger partial charge on any atom is 0.262 e. The average molecular weight is 194 g/mol. The summed E-state index contributed by atoms with van der Waals surface area (Å²) in [7, 11) is 1.66. The van der Waals surface area contributed by atoms with Crippen molar-refractivity contribution in [2.45, 2.75) is 0 Å². The molecule has 0 fully saturated rings. The summed E-state index contributed by atoms with van der Waals surface area (Å²) in [5.74, 6) is 0.372. The van der Waals surface area contributed by atoms with Gasteiger partial charge in [-0.25, -0.2) is 0 Å². The molecule has 1 aromatic heterocycles. The van der Waals surface area contributed by atoms with Crippen LogP contribution in [0.1, 0.15) is 10.4 Å². The van der Waals surface area contributed by atoms with Crippen molar-refractivity contribution in [3.63, 3.8) is 0 Å². The molecule has 0 radical (unpaired) electrons. The molecule has 1 aliphatic rings. The lowest BCUT2D eigenvalue weighted by molar-refractivity contribution is 0.0797. The molecule has 0 aromatic carbocycles. The van der Waals surface area contributed by atoms with E-state index in [0.717, 1.165) is 0 Å². The Balaban J connectivity index is 2.60. The first-order chi connectivity index (χ1) is 6.59. The third-order valence-electron chi connectivity index (χ3n) is 2.00. The van der Waals surface area contributed by atoms with Crippen LogP contribution in [-0.2, 0) is 0 Å². The van der Waals surface area contributed by atoms with E-state index in [-0.39, 0.29) is 23.2 Å². The van der Waals surface area contributed by atoms with Gasteiger partial charge in [-0.15, -0.1) is 0 Å². The minimum Gasteiger partial charge on any atom is -0.383 e. The minimum absolute atomic E-state index is 0.0612. The molecule has 0 spiro atoms. The number of carbonyl (C=O) groups is 1. The number of hydrogen-bond acceptors (Lipinski definition) is 6. The molecular weight excluding hydrogens is 184 g/mol. The van der Waals surface area contributed by atoms with Crippen molar-refractivity contribution in [2.75, 3.05) is 30.5 Å². The number of amides is 1. The third-order valence-corrected chi connectivity index (χ3v) is 2.00. The van der Waals surface area contributed by atoms with Gasteiger partial charge in [-0.3, -0.25) is 4.79 Å². The van der Waals surface area contributed by atoms with E-state index in [0.29, 0.717) is 12.5 Å². The second kappa shape index (κ2) is 2.72. The quantitative estimate of drug-likeness (QED) is 0.493. The summed E-state index contributed by atoms with van der Waals surface area (Å²) in [4.78, 5) is 20.7. The summed E-state index contributed by atoms with van der Waals surface area (Å²) in [5.41, 5.74) is 11.3. The highest BCUT2D eigenvalue weighted by atomic mass is 16.2. The SMILES string of the molecule is CN1CNc2nc(N)nc(N)c2C1=O. The molecule has 1 amide bonds. The molecule has 1 aliphatic heterocycles. The summed E-state index contributed by atoms with van der Waals surface area (Å²) in [6.07, 6.45) is 0. The van der Waals surface area contributed by atoms with Crippen molar-refractivity contribution in [1.82, 2.24) is 14.9 Å². The Morgan fingerprint density at radius 1 is 1.43 bits per heavy atom. The zero-order chi connectivity index (χ0) is 10.3. The summed E-state index contributed by atoms with van der Waals surface area (Å²) in [6.45, 7) is 0.391. The van der Waals surface area contributed by atoms with E-state index in [4.69, 9.17) is 11.5 Å². The molecule has 2 rings (SSSR count). The van der Waals surface area contributed by atoms with Gasteiger partial charge in [0.2, 0.25) is 5.95 Å². The minimum atomic E-state index is -0.198. The Kier molecular flexibility index (Phi) is 1.66. The molecule has 1 aromatic rings. The van der Waals surface area contributed by atoms with E-state index < -0.39 is 0 Å². The molecular formula is C7H10N6O. The Morgan fingerprint density at radius 2 is 2.14 bits per heavy atom. The van der Waals surface area contributed by atoms with Crippen LogP contribution in [0.2, 0.25) is 0 Å². The number of aromatic nitrogens is 2. The topological polar surface area (TPSA) is 110 Å². The largest absolute Gasteiger partial charge is 0.383 e. The highest BCUT2D eigenvalue weighted by Gasteiger charge is 2.26. The van der Waals surface area contributed by atoms with Crippen LogP contribution in [0, 0.1) is 0 Å². The predicted molar refractivity (Wildman–Crippen MR) is 51.4 cm³/mol. The Morgan fingerprint density at radius 3 is 2.86 bits per heavy atom. The second-order valence-electron chi connectivity index (χ2n) is 3.03. The van der Waals surface area contributed by atoms with Gasteiger partial charge in [-0.2, -0.15) is 9.97 Å². The lowest BCUT2D eigenvalue weighted by Crippen LogP contribution is -2.38. The van der Waals surface area contributed by atoms with E-state index in [1.165, 1.54) is 4.90 Å². The number of nitrogens with zero attached hydrogens (tertiary/aromatic N) is 3. The number of hydrogen-bond donors (Lipinski definition) is 3. The summed E-state index contributed by atoms with van der Waals surface area (Å²) >= 11 is 0. The van der Waals surface area contributed by atoms with Crippen LogP contribution >= 0.6 is 0 Å². The van der Waals surface area contributed by atoms with Crippen molar-refractivity contribution in [1.29, 1.82) is 0 Å². The number of rotatable bonds is 0. The first-order valence-corrected chi connectivity index (χ1v) is 4.02. The van der Waals surface area contributed by atoms with Gasteiger partial charge in [0.25, 0.3) is 5.91 Å². The van der Waals surface area contributed by atoms with Gasteiger partial charge in [-0.1, -0.05) is 0 Å². The van der Waals surface area contributed by atoms with Gasteiger partial charge in [-0.05, 0) is 0 Å². The van der Waals surface area contributed by atoms with Crippen LogP contribution in [0.15, 0.2) is 0 Å². The molecule has 0 saturated heterocycles. The first-order valence-electron chi connectivity index (χ1n) is 4.02. The number of fused-ring (bicyclic) bond motifs is 1. The average Bonchev–Trinajstić information content (AvgIpc) is 2.10. The molecule has 7 nitrogen and oxygen atoms in total. The maximum absolute atomic E-state index is 11.6. The van der Waals surface area contributed by atoms with Gasteiger partial charge in [0, 0.05) is 7.05 Å². The van der Waals surface area contributed by atoms with Crippen molar-refractivity contribution in [2.24, 2.45) is 0 Å². The van der Waals surface area contributed by atoms with E-state index in [1.807, 2.05) is 0 Å². The lowest BCUT2D eigenvalue weighted by Gasteiger charge is -2.25. The highest BCUT2D eigenvalue weighted by molar-refractivity contribution is 6.04. The molecule has 74 valence electrons. The molecule has 2 heterocycles. The second-order valence-corrected chi connectivity index (χ2v) is 3.03. The number of nitrogen functional groups attached to an aromatic ring is 2. The smallest absolute Gasteiger partial charge is 0.262 e. The molecule has 5 N–H and O–H groups in total. The molecule has 14 heavy (non-hydrogen) atoms. The first kappa shape index (κ1) is 8.54. The highest BCUT2D eigenvalue weighted by Crippen LogP contribution is 2.23. The fourth-order valence-electron chi connectivity index (χ4n) is 1.29. The standard InChI is InChI=1S/C7H10N6O/c1-13-2-10-5-3(6(13)14)4(8)11-7(9)12-5/h2H2,1H3,(H5,8,9,10,11,12). The predicted octanol–water partition coefficient (Wildman–Crippen LogP) is -0.904. The summed E-state index contributed by atoms with van der Waals surface area (Å²) in [6, 6.07) is 0. The van der Waals surface area contributed by atoms with Crippen LogP contribution < -0.4 is 16.8 Å². The van der Waals surface area contributed by atoms with E-state index in [9.17, 15) is 4.79 Å². The molecule has 7 heteroatoms. The van der Waals surface area contributed by atoms with Gasteiger partial charge in [0.1, 0.15) is 17.2 Å². The van der Waals surface area contributed by atoms with E-state index >= 15 is 0 Å². The fourth-order valence-corrected chi connectivity index (χ4v) is 1.29. The van der Waals surface area contributed by atoms with Gasteiger partial charge < -0.3 is 21.7 Å². The number of nitrogens with two attached hydrogens (primary N) is 2. The molecule has 0 aliphatic carbocycles. The van der Waals surface area contributed by atoms with Crippen LogP contribution in [0.25, 0.3) is 0 Å². The van der Waals surface area contributed by atoms with Crippen LogP contribution in [-0.4, -0.2) is 34.5 Å². The van der Waals surface area contributed by atoms with Crippen LogP contribution in [0.4, 0.5) is 17.6 Å². The van der Waals surface area contributed by atoms with E-state index in [2.05, 4.69) is 15.3 Å². The number of carbonyl (C=O) groups excluding carboxylic acids is 1. The summed E-state index contributed by atoms with van der Waals surface area (Å²) < 4.78 is 0. The normalized spacial score (nSPS) is 14.9. The monoisotopic (exact) mass is 194 g/mol. The van der Waals surface area contributed by atoms with Gasteiger partial charge in [0.15, 0.2) is 0 Å². The molecule has 0 atom stereocenters. The van der Waals surface area contributed by atoms with Gasteiger partial charge >= 0.3 is 0 Å². The molecule has 0 saturated carbocycles. The lowest BCUT2D eigenvalue weighted by atomic mass is 10.2. The van der Waals surface area contributed by atoms with E-state index in [1.54, 1.807) is 7.05 Å². The Bertz CT molecular complexity index is 403. The third kappa shape index (κ3) is 1.10. The van der Waals surface area contributed by atoms with Crippen molar-refractivity contribution in [3.8, 4) is 0 Å². The Hall–Kier alpha value is -2.05. The summed E-state index contributed by atoms with van der Waals surface area (Å²) in [5, 5.41) is 2.92. The number of nitrogens with one attached hydrogen (secondary N) is 1. The van der Waals surface area contributed by atoms with Crippen molar-refractivity contribution < 1.29 is 4.79 Å². The van der Waals surface area contributed by atoms with Crippen molar-refractivity contribution in [3.05, 3.63) is 5.56 Å². The zero-order valence-electron chi connectivity index (χ0n) is 7.61. The molecule has 0 unspecified atom stereocenters. The zero-order valence-corrected chi connectivity index (χ0v) is 7.61. The Labute approximate surface area is 80.1 Å². The molecule has 0 bridgehead atoms.